The summed E-state index contributed by atoms with van der Waals surface area (Å²) in [6.45, 7) is 7.61. The van der Waals surface area contributed by atoms with Crippen LogP contribution in [0.15, 0.2) is 41.6 Å². The summed E-state index contributed by atoms with van der Waals surface area (Å²) in [5.41, 5.74) is 1.54. The highest BCUT2D eigenvalue weighted by Crippen LogP contribution is 2.25. The van der Waals surface area contributed by atoms with E-state index in [2.05, 4.69) is 30.6 Å². The second kappa shape index (κ2) is 6.22. The van der Waals surface area contributed by atoms with E-state index in [0.29, 0.717) is 18.9 Å². The fraction of sp³-hybridized carbons (Fsp3) is 0.471. The number of nitrogens with zero attached hydrogens (tertiary/aromatic N) is 2. The zero-order valence-electron chi connectivity index (χ0n) is 14.2. The summed E-state index contributed by atoms with van der Waals surface area (Å²) in [5.74, 6) is 0. The summed E-state index contributed by atoms with van der Waals surface area (Å²) in [6, 6.07) is 7.16. The van der Waals surface area contributed by atoms with E-state index in [1.807, 2.05) is 12.1 Å². The molecular formula is C17H23N3O3S. The summed E-state index contributed by atoms with van der Waals surface area (Å²) in [4.78, 5) is 0.243. The third-order valence-corrected chi connectivity index (χ3v) is 5.56. The van der Waals surface area contributed by atoms with E-state index < -0.39 is 10.0 Å². The molecule has 3 rings (SSSR count). The predicted octanol–water partition coefficient (Wildman–Crippen LogP) is 2.94. The lowest BCUT2D eigenvalue weighted by atomic mass is 9.87. The molecule has 1 fully saturated rings. The van der Waals surface area contributed by atoms with Crippen LogP contribution in [0.1, 0.15) is 38.8 Å². The first-order valence-electron chi connectivity index (χ1n) is 8.01. The maximum Gasteiger partial charge on any atom is 0.261 e. The van der Waals surface area contributed by atoms with Crippen molar-refractivity contribution >= 4 is 15.7 Å². The summed E-state index contributed by atoms with van der Waals surface area (Å²) >= 11 is 0. The quantitative estimate of drug-likeness (QED) is 0.921. The highest BCUT2D eigenvalue weighted by Gasteiger charge is 2.21. The molecule has 1 N–H and O–H groups in total. The van der Waals surface area contributed by atoms with Crippen LogP contribution in [-0.2, 0) is 20.2 Å². The third-order valence-electron chi connectivity index (χ3n) is 4.16. The van der Waals surface area contributed by atoms with Crippen LogP contribution in [0.4, 0.5) is 5.69 Å². The molecule has 1 aliphatic heterocycles. The van der Waals surface area contributed by atoms with Crippen molar-refractivity contribution in [3.05, 3.63) is 42.2 Å². The molecule has 24 heavy (non-hydrogen) atoms. The van der Waals surface area contributed by atoms with Crippen molar-refractivity contribution in [1.82, 2.24) is 9.78 Å². The molecule has 1 aromatic carbocycles. The van der Waals surface area contributed by atoms with Crippen LogP contribution in [0.25, 0.3) is 0 Å². The molecule has 7 heteroatoms. The number of benzene rings is 1. The Morgan fingerprint density at radius 3 is 2.54 bits per heavy atom. The van der Waals surface area contributed by atoms with Crippen molar-refractivity contribution < 1.29 is 13.2 Å². The summed E-state index contributed by atoms with van der Waals surface area (Å²) in [7, 11) is -3.62. The molecule has 1 saturated heterocycles. The van der Waals surface area contributed by atoms with Crippen LogP contribution in [0, 0.1) is 0 Å². The Labute approximate surface area is 142 Å². The van der Waals surface area contributed by atoms with Gasteiger partial charge in [0.25, 0.3) is 10.0 Å². The Morgan fingerprint density at radius 1 is 1.25 bits per heavy atom. The molecule has 0 bridgehead atoms. The molecule has 0 spiro atoms. The van der Waals surface area contributed by atoms with Gasteiger partial charge < -0.3 is 4.74 Å². The minimum atomic E-state index is -3.62. The van der Waals surface area contributed by atoms with E-state index in [1.54, 1.807) is 23.0 Å². The second-order valence-corrected chi connectivity index (χ2v) is 8.79. The first-order valence-corrected chi connectivity index (χ1v) is 9.49. The molecule has 1 aliphatic rings. The molecule has 2 aromatic rings. The normalized spacial score (nSPS) is 18.7. The van der Waals surface area contributed by atoms with Gasteiger partial charge in [0.1, 0.15) is 0 Å². The molecule has 0 radical (unpaired) electrons. The van der Waals surface area contributed by atoms with Crippen molar-refractivity contribution in [3.8, 4) is 0 Å². The minimum Gasteiger partial charge on any atom is -0.379 e. The van der Waals surface area contributed by atoms with Gasteiger partial charge in [-0.05, 0) is 29.5 Å². The maximum absolute atomic E-state index is 12.5. The molecule has 6 nitrogen and oxygen atoms in total. The number of nitrogens with one attached hydrogen (secondary N) is 1. The van der Waals surface area contributed by atoms with E-state index in [-0.39, 0.29) is 16.4 Å². The highest BCUT2D eigenvalue weighted by molar-refractivity contribution is 7.92. The molecule has 0 unspecified atom stereocenters. The molecule has 130 valence electrons. The Hall–Kier alpha value is -1.86. The van der Waals surface area contributed by atoms with E-state index >= 15 is 0 Å². The maximum atomic E-state index is 12.5. The van der Waals surface area contributed by atoms with Gasteiger partial charge in [-0.25, -0.2) is 8.42 Å². The van der Waals surface area contributed by atoms with Crippen LogP contribution < -0.4 is 4.72 Å². The van der Waals surface area contributed by atoms with Gasteiger partial charge in [-0.15, -0.1) is 0 Å². The van der Waals surface area contributed by atoms with Crippen LogP contribution >= 0.6 is 0 Å². The van der Waals surface area contributed by atoms with E-state index in [9.17, 15) is 8.42 Å². The number of anilines is 1. The lowest BCUT2D eigenvalue weighted by Gasteiger charge is -2.19. The van der Waals surface area contributed by atoms with E-state index in [4.69, 9.17) is 4.74 Å². The molecule has 0 amide bonds. The fourth-order valence-electron chi connectivity index (χ4n) is 2.67. The zero-order chi connectivity index (χ0) is 17.4. The Bertz CT molecular complexity index is 798. The van der Waals surface area contributed by atoms with Gasteiger partial charge in [-0.1, -0.05) is 32.9 Å². The van der Waals surface area contributed by atoms with Crippen LogP contribution in [0.3, 0.4) is 0 Å². The summed E-state index contributed by atoms with van der Waals surface area (Å²) in [6.07, 6.45) is 4.13. The van der Waals surface area contributed by atoms with Gasteiger partial charge >= 0.3 is 0 Å². The number of hydrogen-bond donors (Lipinski definition) is 1. The van der Waals surface area contributed by atoms with Crippen LogP contribution in [0.5, 0.6) is 0 Å². The number of sulfonamides is 1. The molecule has 0 saturated carbocycles. The zero-order valence-corrected chi connectivity index (χ0v) is 15.0. The number of aromatic nitrogens is 2. The summed E-state index contributed by atoms with van der Waals surface area (Å²) < 4.78 is 34.7. The van der Waals surface area contributed by atoms with E-state index in [0.717, 1.165) is 12.0 Å². The van der Waals surface area contributed by atoms with Gasteiger partial charge in [0.2, 0.25) is 0 Å². The first-order chi connectivity index (χ1) is 11.3. The number of ether oxygens (including phenoxy) is 1. The van der Waals surface area contributed by atoms with Crippen molar-refractivity contribution in [2.75, 3.05) is 17.9 Å². The number of hydrogen-bond acceptors (Lipinski definition) is 4. The second-order valence-electron chi connectivity index (χ2n) is 7.11. The average Bonchev–Trinajstić information content (AvgIpc) is 3.17. The van der Waals surface area contributed by atoms with Gasteiger partial charge in [-0.2, -0.15) is 5.10 Å². The Morgan fingerprint density at radius 2 is 1.96 bits per heavy atom. The Balaban J connectivity index is 1.76. The average molecular weight is 349 g/mol. The highest BCUT2D eigenvalue weighted by atomic mass is 32.2. The van der Waals surface area contributed by atoms with Gasteiger partial charge in [0, 0.05) is 12.8 Å². The monoisotopic (exact) mass is 349 g/mol. The van der Waals surface area contributed by atoms with Crippen molar-refractivity contribution in [1.29, 1.82) is 0 Å². The van der Waals surface area contributed by atoms with Gasteiger partial charge in [-0.3, -0.25) is 9.40 Å². The van der Waals surface area contributed by atoms with Crippen molar-refractivity contribution in [2.24, 2.45) is 0 Å². The third kappa shape index (κ3) is 3.62. The largest absolute Gasteiger partial charge is 0.379 e. The standard InChI is InChI=1S/C17H23N3O3S/c1-17(2,3)13-4-6-16(7-5-13)24(21,22)19-14-10-18-20(11-14)15-8-9-23-12-15/h4-7,10-11,15,19H,8-9,12H2,1-3H3/t15-/m1/s1. The van der Waals surface area contributed by atoms with Crippen molar-refractivity contribution in [3.63, 3.8) is 0 Å². The van der Waals surface area contributed by atoms with Crippen LogP contribution in [-0.4, -0.2) is 31.4 Å². The van der Waals surface area contributed by atoms with Gasteiger partial charge in [0.05, 0.1) is 29.4 Å². The lowest BCUT2D eigenvalue weighted by molar-refractivity contribution is 0.184. The molecule has 1 atom stereocenters. The SMILES string of the molecule is CC(C)(C)c1ccc(S(=O)(=O)Nc2cnn([C@@H]3CCOC3)c2)cc1. The smallest absolute Gasteiger partial charge is 0.261 e. The van der Waals surface area contributed by atoms with Gasteiger partial charge in [0.15, 0.2) is 0 Å². The fourth-order valence-corrected chi connectivity index (χ4v) is 3.70. The summed E-state index contributed by atoms with van der Waals surface area (Å²) in [5, 5.41) is 4.23. The first kappa shape index (κ1) is 17.0. The number of rotatable bonds is 4. The van der Waals surface area contributed by atoms with Crippen LogP contribution in [0.2, 0.25) is 0 Å². The molecular weight excluding hydrogens is 326 g/mol. The minimum absolute atomic E-state index is 0.0137. The molecule has 2 heterocycles. The van der Waals surface area contributed by atoms with E-state index in [1.165, 1.54) is 6.20 Å². The lowest BCUT2D eigenvalue weighted by Crippen LogP contribution is -2.14. The topological polar surface area (TPSA) is 73.2 Å². The van der Waals surface area contributed by atoms with Crippen molar-refractivity contribution in [2.45, 2.75) is 43.5 Å². The molecule has 1 aromatic heterocycles. The predicted molar refractivity (Wildman–Crippen MR) is 92.7 cm³/mol. The molecule has 0 aliphatic carbocycles. The Kier molecular flexibility index (Phi) is 4.40.